The second-order valence-corrected chi connectivity index (χ2v) is 6.40. The first-order valence-corrected chi connectivity index (χ1v) is 7.67. The lowest BCUT2D eigenvalue weighted by molar-refractivity contribution is 0.0660. The van der Waals surface area contributed by atoms with Gasteiger partial charge in [-0.1, -0.05) is 17.7 Å². The van der Waals surface area contributed by atoms with Crippen LogP contribution >= 0.6 is 0 Å². The molecule has 112 valence electrons. The molecule has 0 aliphatic carbocycles. The van der Waals surface area contributed by atoms with Crippen molar-refractivity contribution in [2.24, 2.45) is 0 Å². The van der Waals surface area contributed by atoms with Crippen LogP contribution in [-0.2, 0) is 16.6 Å². The van der Waals surface area contributed by atoms with Gasteiger partial charge < -0.3 is 9.52 Å². The number of aromatic carboxylic acids is 1. The summed E-state index contributed by atoms with van der Waals surface area (Å²) < 4.78 is 31.8. The van der Waals surface area contributed by atoms with E-state index in [-0.39, 0.29) is 23.0 Å². The highest BCUT2D eigenvalue weighted by molar-refractivity contribution is 7.89. The van der Waals surface area contributed by atoms with Gasteiger partial charge in [-0.3, -0.25) is 0 Å². The van der Waals surface area contributed by atoms with E-state index in [1.54, 1.807) is 19.1 Å². The zero-order valence-corrected chi connectivity index (χ0v) is 12.4. The molecule has 0 bridgehead atoms. The fourth-order valence-electron chi connectivity index (χ4n) is 1.93. The molecular formula is C14H15NO5S. The maximum atomic E-state index is 12.2. The van der Waals surface area contributed by atoms with Gasteiger partial charge in [0.2, 0.25) is 15.8 Å². The molecule has 0 spiro atoms. The molecule has 0 fully saturated rings. The van der Waals surface area contributed by atoms with Gasteiger partial charge in [-0.25, -0.2) is 17.9 Å². The first kappa shape index (κ1) is 15.3. The van der Waals surface area contributed by atoms with E-state index in [1.165, 1.54) is 18.2 Å². The number of furan rings is 1. The zero-order chi connectivity index (χ0) is 15.6. The molecule has 0 radical (unpaired) electrons. The summed E-state index contributed by atoms with van der Waals surface area (Å²) in [6.07, 6.45) is 0. The Balaban J connectivity index is 2.15. The van der Waals surface area contributed by atoms with E-state index in [0.717, 1.165) is 5.56 Å². The third-order valence-electron chi connectivity index (χ3n) is 2.93. The predicted molar refractivity (Wildman–Crippen MR) is 75.6 cm³/mol. The molecule has 1 heterocycles. The van der Waals surface area contributed by atoms with Crippen LogP contribution in [0.1, 0.15) is 27.4 Å². The van der Waals surface area contributed by atoms with Gasteiger partial charge in [0, 0.05) is 0 Å². The first-order valence-electron chi connectivity index (χ1n) is 6.18. The van der Waals surface area contributed by atoms with Crippen LogP contribution < -0.4 is 4.72 Å². The fourth-order valence-corrected chi connectivity index (χ4v) is 3.15. The van der Waals surface area contributed by atoms with Crippen LogP contribution in [-0.4, -0.2) is 19.5 Å². The molecule has 2 rings (SSSR count). The monoisotopic (exact) mass is 309 g/mol. The van der Waals surface area contributed by atoms with E-state index < -0.39 is 16.0 Å². The van der Waals surface area contributed by atoms with E-state index in [2.05, 4.69) is 4.72 Å². The van der Waals surface area contributed by atoms with Crippen LogP contribution in [0.3, 0.4) is 0 Å². The SMILES string of the molecule is Cc1ccc(S(=O)(=O)NCc2ccc(C(=O)O)o2)c(C)c1. The molecule has 0 unspecified atom stereocenters. The molecule has 0 amide bonds. The van der Waals surface area contributed by atoms with Gasteiger partial charge in [-0.05, 0) is 37.6 Å². The van der Waals surface area contributed by atoms with Gasteiger partial charge in [0.15, 0.2) is 0 Å². The third-order valence-corrected chi connectivity index (χ3v) is 4.49. The Hall–Kier alpha value is -2.12. The minimum atomic E-state index is -3.67. The Morgan fingerprint density at radius 3 is 2.52 bits per heavy atom. The quantitative estimate of drug-likeness (QED) is 0.881. The van der Waals surface area contributed by atoms with Crippen LogP contribution in [0, 0.1) is 13.8 Å². The Labute approximate surface area is 122 Å². The predicted octanol–water partition coefficient (Wildman–Crippen LogP) is 2.07. The number of nitrogens with one attached hydrogen (secondary N) is 1. The smallest absolute Gasteiger partial charge is 0.371 e. The van der Waals surface area contributed by atoms with Crippen molar-refractivity contribution in [1.82, 2.24) is 4.72 Å². The van der Waals surface area contributed by atoms with Gasteiger partial charge in [-0.2, -0.15) is 0 Å². The van der Waals surface area contributed by atoms with Crippen LogP contribution in [0.25, 0.3) is 0 Å². The summed E-state index contributed by atoms with van der Waals surface area (Å²) in [4.78, 5) is 10.9. The number of carboxylic acids is 1. The molecule has 0 aliphatic rings. The number of carbonyl (C=O) groups is 1. The topological polar surface area (TPSA) is 96.6 Å². The summed E-state index contributed by atoms with van der Waals surface area (Å²) in [5.41, 5.74) is 1.62. The minimum Gasteiger partial charge on any atom is -0.475 e. The van der Waals surface area contributed by atoms with Crippen molar-refractivity contribution >= 4 is 16.0 Å². The summed E-state index contributed by atoms with van der Waals surface area (Å²) in [6.45, 7) is 3.49. The molecule has 6 nitrogen and oxygen atoms in total. The lowest BCUT2D eigenvalue weighted by atomic mass is 10.2. The average Bonchev–Trinajstić information content (AvgIpc) is 2.85. The summed E-state index contributed by atoms with van der Waals surface area (Å²) in [5.74, 6) is -1.19. The first-order chi connectivity index (χ1) is 9.79. The summed E-state index contributed by atoms with van der Waals surface area (Å²) in [7, 11) is -3.67. The van der Waals surface area contributed by atoms with Gasteiger partial charge in [0.1, 0.15) is 5.76 Å². The highest BCUT2D eigenvalue weighted by Crippen LogP contribution is 2.17. The lowest BCUT2D eigenvalue weighted by Crippen LogP contribution is -2.23. The van der Waals surface area contributed by atoms with Crippen molar-refractivity contribution in [1.29, 1.82) is 0 Å². The van der Waals surface area contributed by atoms with Crippen molar-refractivity contribution in [3.05, 3.63) is 53.0 Å². The molecule has 7 heteroatoms. The summed E-state index contributed by atoms with van der Waals surface area (Å²) in [6, 6.07) is 7.75. The highest BCUT2D eigenvalue weighted by Gasteiger charge is 2.17. The molecule has 0 aliphatic heterocycles. The maximum Gasteiger partial charge on any atom is 0.371 e. The van der Waals surface area contributed by atoms with Crippen LogP contribution in [0.2, 0.25) is 0 Å². The van der Waals surface area contributed by atoms with Crippen LogP contribution in [0.4, 0.5) is 0 Å². The van der Waals surface area contributed by atoms with E-state index in [9.17, 15) is 13.2 Å². The summed E-state index contributed by atoms with van der Waals surface area (Å²) >= 11 is 0. The standard InChI is InChI=1S/C14H15NO5S/c1-9-3-6-13(10(2)7-9)21(18,19)15-8-11-4-5-12(20-11)14(16)17/h3-7,15H,8H2,1-2H3,(H,16,17). The molecular weight excluding hydrogens is 294 g/mol. The molecule has 2 N–H and O–H groups in total. The maximum absolute atomic E-state index is 12.2. The normalized spacial score (nSPS) is 11.5. The largest absolute Gasteiger partial charge is 0.475 e. The Morgan fingerprint density at radius 1 is 1.24 bits per heavy atom. The number of hydrogen-bond acceptors (Lipinski definition) is 4. The minimum absolute atomic E-state index is 0.108. The third kappa shape index (κ3) is 3.50. The van der Waals surface area contributed by atoms with Crippen molar-refractivity contribution in [2.45, 2.75) is 25.3 Å². The molecule has 21 heavy (non-hydrogen) atoms. The van der Waals surface area contributed by atoms with Gasteiger partial charge in [-0.15, -0.1) is 0 Å². The highest BCUT2D eigenvalue weighted by atomic mass is 32.2. The Kier molecular flexibility index (Phi) is 4.15. The van der Waals surface area contributed by atoms with Gasteiger partial charge in [0.25, 0.3) is 0 Å². The van der Waals surface area contributed by atoms with Crippen molar-refractivity contribution < 1.29 is 22.7 Å². The fraction of sp³-hybridized carbons (Fsp3) is 0.214. The molecule has 1 aromatic heterocycles. The number of rotatable bonds is 5. The Bertz CT molecular complexity index is 776. The van der Waals surface area contributed by atoms with E-state index >= 15 is 0 Å². The zero-order valence-electron chi connectivity index (χ0n) is 11.6. The second-order valence-electron chi connectivity index (χ2n) is 4.66. The van der Waals surface area contributed by atoms with Gasteiger partial charge >= 0.3 is 5.97 Å². The van der Waals surface area contributed by atoms with E-state index in [4.69, 9.17) is 9.52 Å². The Morgan fingerprint density at radius 2 is 1.95 bits per heavy atom. The van der Waals surface area contributed by atoms with Crippen molar-refractivity contribution in [2.75, 3.05) is 0 Å². The van der Waals surface area contributed by atoms with Crippen molar-refractivity contribution in [3.63, 3.8) is 0 Å². The molecule has 0 saturated heterocycles. The number of aryl methyl sites for hydroxylation is 2. The van der Waals surface area contributed by atoms with E-state index in [1.807, 2.05) is 6.92 Å². The van der Waals surface area contributed by atoms with E-state index in [0.29, 0.717) is 5.56 Å². The second kappa shape index (κ2) is 5.71. The lowest BCUT2D eigenvalue weighted by Gasteiger charge is -2.09. The number of sulfonamides is 1. The van der Waals surface area contributed by atoms with Crippen LogP contribution in [0.5, 0.6) is 0 Å². The van der Waals surface area contributed by atoms with Crippen LogP contribution in [0.15, 0.2) is 39.6 Å². The number of carboxylic acid groups (broad SMARTS) is 1. The summed E-state index contributed by atoms with van der Waals surface area (Å²) in [5, 5.41) is 8.73. The molecule has 0 saturated carbocycles. The van der Waals surface area contributed by atoms with Gasteiger partial charge in [0.05, 0.1) is 11.4 Å². The molecule has 2 aromatic rings. The van der Waals surface area contributed by atoms with Crippen molar-refractivity contribution in [3.8, 4) is 0 Å². The molecule has 1 aromatic carbocycles. The molecule has 0 atom stereocenters. The average molecular weight is 309 g/mol. The number of hydrogen-bond donors (Lipinski definition) is 2. The number of benzene rings is 1.